The monoisotopic (exact) mass is 581 g/mol. The first kappa shape index (κ1) is 24.4. The van der Waals surface area contributed by atoms with E-state index in [4.69, 9.17) is 35.2 Å². The molecule has 1 aromatic carbocycles. The largest absolute Gasteiger partial charge is 0.302 e. The second-order valence-electron chi connectivity index (χ2n) is 5.39. The van der Waals surface area contributed by atoms with Crippen LogP contribution in [0.2, 0.25) is 5.02 Å². The number of sulfonamides is 1. The van der Waals surface area contributed by atoms with E-state index in [0.717, 1.165) is 9.87 Å². The fourth-order valence-electron chi connectivity index (χ4n) is 2.75. The summed E-state index contributed by atoms with van der Waals surface area (Å²) in [4.78, 5) is 13.3. The minimum atomic E-state index is -4.34. The molecule has 1 aromatic rings. The molecule has 1 aliphatic heterocycles. The number of aryl methyl sites for hydroxylation is 1. The van der Waals surface area contributed by atoms with Crippen molar-refractivity contribution >= 4 is 110 Å². The molecule has 1 saturated heterocycles. The molecule has 0 bridgehead atoms. The summed E-state index contributed by atoms with van der Waals surface area (Å²) in [6.45, 7) is 5.58. The number of anilines is 1. The van der Waals surface area contributed by atoms with E-state index in [1.54, 1.807) is 12.1 Å². The van der Waals surface area contributed by atoms with Crippen LogP contribution in [0.25, 0.3) is 0 Å². The molecular formula is C14H15BrClNO3P2S5. The Kier molecular flexibility index (Phi) is 8.24. The van der Waals surface area contributed by atoms with Crippen molar-refractivity contribution in [2.45, 2.75) is 29.9 Å². The van der Waals surface area contributed by atoms with Crippen molar-refractivity contribution in [3.63, 3.8) is 0 Å². The van der Waals surface area contributed by atoms with Crippen molar-refractivity contribution in [1.82, 2.24) is 0 Å². The molecule has 0 unspecified atom stereocenters. The molecule has 0 radical (unpaired) electrons. The topological polar surface area (TPSA) is 54.5 Å². The molecule has 148 valence electrons. The third-order valence-electron chi connectivity index (χ3n) is 3.89. The zero-order valence-corrected chi connectivity index (χ0v) is 22.6. The van der Waals surface area contributed by atoms with Gasteiger partial charge in [0.1, 0.15) is 0 Å². The first-order chi connectivity index (χ1) is 12.6. The number of hydrogen-bond donors (Lipinski definition) is 0. The van der Waals surface area contributed by atoms with Crippen molar-refractivity contribution in [1.29, 1.82) is 0 Å². The van der Waals surface area contributed by atoms with E-state index in [-0.39, 0.29) is 20.4 Å². The van der Waals surface area contributed by atoms with E-state index in [2.05, 4.69) is 15.9 Å². The van der Waals surface area contributed by atoms with E-state index >= 15 is 0 Å². The minimum Gasteiger partial charge on any atom is -0.277 e. The summed E-state index contributed by atoms with van der Waals surface area (Å²) in [5.74, 6) is 1.10. The number of carbonyl (C=O) groups is 1. The lowest BCUT2D eigenvalue weighted by molar-refractivity contribution is -0.111. The fourth-order valence-corrected chi connectivity index (χ4v) is 15.8. The van der Waals surface area contributed by atoms with Crippen LogP contribution in [0.4, 0.5) is 5.69 Å². The summed E-state index contributed by atoms with van der Waals surface area (Å²) in [5, 5.41) is -1.77. The van der Waals surface area contributed by atoms with Gasteiger partial charge in [0, 0.05) is 14.7 Å². The van der Waals surface area contributed by atoms with Gasteiger partial charge < -0.3 is 0 Å². The number of hydrogen-bond acceptors (Lipinski definition) is 7. The predicted molar refractivity (Wildman–Crippen MR) is 131 cm³/mol. The third kappa shape index (κ3) is 3.59. The van der Waals surface area contributed by atoms with Crippen LogP contribution in [0.3, 0.4) is 0 Å². The van der Waals surface area contributed by atoms with Crippen LogP contribution in [0.5, 0.6) is 0 Å². The molecule has 13 heteroatoms. The van der Waals surface area contributed by atoms with Crippen molar-refractivity contribution in [3.8, 4) is 0 Å². The predicted octanol–water partition coefficient (Wildman–Crippen LogP) is 5.76. The second-order valence-corrected chi connectivity index (χ2v) is 14.6. The number of halogens is 2. The van der Waals surface area contributed by atoms with Crippen molar-refractivity contribution in [2.24, 2.45) is 0 Å². The van der Waals surface area contributed by atoms with Gasteiger partial charge in [-0.3, -0.25) is 4.79 Å². The molecule has 2 rings (SSSR count). The maximum absolute atomic E-state index is 13.3. The van der Waals surface area contributed by atoms with Crippen molar-refractivity contribution in [3.05, 3.63) is 27.2 Å². The molecule has 0 aromatic heterocycles. The van der Waals surface area contributed by atoms with Crippen molar-refractivity contribution in [2.75, 3.05) is 15.8 Å². The second kappa shape index (κ2) is 9.11. The molecule has 1 fully saturated rings. The van der Waals surface area contributed by atoms with E-state index in [1.807, 2.05) is 20.8 Å². The third-order valence-corrected chi connectivity index (χ3v) is 15.9. The van der Waals surface area contributed by atoms with Crippen LogP contribution >= 0.6 is 65.8 Å². The first-order valence-electron chi connectivity index (χ1n) is 7.62. The minimum absolute atomic E-state index is 0.281. The maximum Gasteiger partial charge on any atom is 0.302 e. The summed E-state index contributed by atoms with van der Waals surface area (Å²) in [6, 6.07) is 3.35. The van der Waals surface area contributed by atoms with Gasteiger partial charge in [-0.25, -0.2) is 4.31 Å². The smallest absolute Gasteiger partial charge is 0.277 e. The molecule has 0 spiro atoms. The van der Waals surface area contributed by atoms with E-state index < -0.39 is 24.2 Å². The Morgan fingerprint density at radius 3 is 2.19 bits per heavy atom. The Bertz CT molecular complexity index is 900. The highest BCUT2D eigenvalue weighted by atomic mass is 79.9. The lowest BCUT2D eigenvalue weighted by atomic mass is 10.2. The lowest BCUT2D eigenvalue weighted by Gasteiger charge is -2.39. The highest BCUT2D eigenvalue weighted by Crippen LogP contribution is 2.66. The molecule has 4 nitrogen and oxygen atoms in total. The van der Waals surface area contributed by atoms with Crippen LogP contribution in [0.15, 0.2) is 16.6 Å². The Labute approximate surface area is 194 Å². The Morgan fingerprint density at radius 1 is 1.22 bits per heavy atom. The van der Waals surface area contributed by atoms with Gasteiger partial charge in [-0.2, -0.15) is 8.42 Å². The number of rotatable bonds is 7. The molecule has 0 amide bonds. The standard InChI is InChI=1S/C14H15BrClNO3P2S5/c1-4-25-13(26-5-2)12(18)27(19,20)17(14(13,21-23)22-24)9-7-6-8(3)11(16)10(9)15/h6-7H,4-5H2,1-3H3. The molecule has 27 heavy (non-hydrogen) atoms. The SMILES string of the molecule is CCSC1(SCC)C(=O)S(=O)(=O)N(c2ccc(C)c(Cl)c2Br)C1(P=S)P=S. The van der Waals surface area contributed by atoms with Gasteiger partial charge in [-0.1, -0.05) is 55.1 Å². The van der Waals surface area contributed by atoms with Crippen LogP contribution < -0.4 is 4.31 Å². The zero-order valence-electron chi connectivity index (χ0n) is 14.4. The van der Waals surface area contributed by atoms with Gasteiger partial charge in [0.2, 0.25) is 0 Å². The van der Waals surface area contributed by atoms with Crippen molar-refractivity contribution < 1.29 is 13.2 Å². The van der Waals surface area contributed by atoms with E-state index in [1.165, 1.54) is 23.5 Å². The van der Waals surface area contributed by atoms with Crippen LogP contribution in [0.1, 0.15) is 19.4 Å². The van der Waals surface area contributed by atoms with Gasteiger partial charge in [0.25, 0.3) is 5.12 Å². The van der Waals surface area contributed by atoms with Crippen LogP contribution in [-0.2, 0) is 38.4 Å². The average Bonchev–Trinajstić information content (AvgIpc) is 2.77. The Balaban J connectivity index is 2.96. The van der Waals surface area contributed by atoms with Gasteiger partial charge in [0.15, 0.2) is 9.10 Å². The molecule has 0 atom stereocenters. The van der Waals surface area contributed by atoms with Gasteiger partial charge in [-0.05, 0) is 46.0 Å². The van der Waals surface area contributed by atoms with Crippen LogP contribution in [0, 0.1) is 6.92 Å². The molecular weight excluding hydrogens is 568 g/mol. The van der Waals surface area contributed by atoms with Gasteiger partial charge >= 0.3 is 10.0 Å². The summed E-state index contributed by atoms with van der Waals surface area (Å²) in [6.07, 6.45) is 0. The number of carbonyl (C=O) groups excluding carboxylic acids is 1. The fraction of sp³-hybridized carbons (Fsp3) is 0.500. The summed E-state index contributed by atoms with van der Waals surface area (Å²) in [7, 11) is -3.77. The van der Waals surface area contributed by atoms with Crippen LogP contribution in [-0.4, -0.2) is 34.1 Å². The quantitative estimate of drug-likeness (QED) is 0.299. The Morgan fingerprint density at radius 2 is 1.74 bits per heavy atom. The highest BCUT2D eigenvalue weighted by Gasteiger charge is 2.73. The average molecular weight is 583 g/mol. The Hall–Kier alpha value is 1.15. The van der Waals surface area contributed by atoms with E-state index in [0.29, 0.717) is 21.0 Å². The number of benzene rings is 1. The molecule has 1 aliphatic rings. The summed E-state index contributed by atoms with van der Waals surface area (Å²) in [5.41, 5.74) is 1.06. The number of nitrogens with zero attached hydrogens (tertiary/aromatic N) is 1. The first-order valence-corrected chi connectivity index (χ1v) is 16.0. The summed E-state index contributed by atoms with van der Waals surface area (Å²) < 4.78 is 26.9. The highest BCUT2D eigenvalue weighted by molar-refractivity contribution is 9.10. The summed E-state index contributed by atoms with van der Waals surface area (Å²) >= 11 is 23.1. The zero-order chi connectivity index (χ0) is 20.6. The number of thioether (sulfide) groups is 2. The van der Waals surface area contributed by atoms with Gasteiger partial charge in [-0.15, -0.1) is 23.5 Å². The molecule has 1 heterocycles. The van der Waals surface area contributed by atoms with Gasteiger partial charge in [0.05, 0.1) is 15.2 Å². The van der Waals surface area contributed by atoms with E-state index in [9.17, 15) is 13.2 Å². The molecule has 0 aliphatic carbocycles. The maximum atomic E-state index is 13.3. The molecule has 0 saturated carbocycles. The lowest BCUT2D eigenvalue weighted by Crippen LogP contribution is -2.48. The normalized spacial score (nSPS) is 24.0. The molecule has 0 N–H and O–H groups in total.